The molecule has 22 heavy (non-hydrogen) atoms. The minimum absolute atomic E-state index is 0.111. The van der Waals surface area contributed by atoms with Crippen molar-refractivity contribution in [2.75, 3.05) is 0 Å². The number of hydrogen-bond acceptors (Lipinski definition) is 5. The monoisotopic (exact) mass is 324 g/mol. The first-order chi connectivity index (χ1) is 10.2. The number of phenolic OH excluding ortho intramolecular Hbond substituents is 2. The molecular formula is C16H17ClO5. The van der Waals surface area contributed by atoms with E-state index in [0.29, 0.717) is 0 Å². The van der Waals surface area contributed by atoms with Crippen LogP contribution >= 0.6 is 11.6 Å². The summed E-state index contributed by atoms with van der Waals surface area (Å²) >= 11 is 6.26. The summed E-state index contributed by atoms with van der Waals surface area (Å²) in [6.07, 6.45) is 0.106. The van der Waals surface area contributed by atoms with Crippen molar-refractivity contribution in [3.8, 4) is 11.5 Å². The van der Waals surface area contributed by atoms with E-state index in [1.807, 2.05) is 13.8 Å². The number of Topliss-reactive ketones (excluding diaryl/α,β-unsaturated/α-hetero) is 2. The number of rotatable bonds is 3. The SMILES string of the molecule is CC(C)=CC[C@@H](O)C1(Cl)CC(=O)c2c(O)ccc(O)c2C1=O. The summed E-state index contributed by atoms with van der Waals surface area (Å²) in [5, 5.41) is 29.9. The second-order valence-corrected chi connectivity index (χ2v) is 6.35. The zero-order valence-electron chi connectivity index (χ0n) is 12.3. The standard InChI is InChI=1S/C16H17ClO5/c1-8(2)3-6-12(21)16(17)7-11(20)13-9(18)4-5-10(19)14(13)15(16)22/h3-5,12,18-19,21H,6-7H2,1-2H3/t12-,16?/m1/s1. The van der Waals surface area contributed by atoms with Crippen LogP contribution in [0.1, 0.15) is 47.4 Å². The van der Waals surface area contributed by atoms with E-state index >= 15 is 0 Å². The highest BCUT2D eigenvalue weighted by atomic mass is 35.5. The van der Waals surface area contributed by atoms with Crippen LogP contribution < -0.4 is 0 Å². The molecule has 1 aliphatic carbocycles. The molecule has 2 rings (SSSR count). The molecule has 0 aliphatic heterocycles. The third kappa shape index (κ3) is 2.62. The van der Waals surface area contributed by atoms with Crippen molar-refractivity contribution in [3.63, 3.8) is 0 Å². The van der Waals surface area contributed by atoms with Crippen molar-refractivity contribution in [2.24, 2.45) is 0 Å². The van der Waals surface area contributed by atoms with Gasteiger partial charge in [-0.25, -0.2) is 0 Å². The Bertz CT molecular complexity index is 675. The average Bonchev–Trinajstić information content (AvgIpc) is 2.44. The largest absolute Gasteiger partial charge is 0.507 e. The Morgan fingerprint density at radius 3 is 2.36 bits per heavy atom. The molecule has 0 amide bonds. The second-order valence-electron chi connectivity index (χ2n) is 5.68. The van der Waals surface area contributed by atoms with Crippen LogP contribution in [0.2, 0.25) is 0 Å². The number of halogens is 1. The van der Waals surface area contributed by atoms with Gasteiger partial charge in [0.05, 0.1) is 17.2 Å². The number of fused-ring (bicyclic) bond motifs is 1. The fourth-order valence-electron chi connectivity index (χ4n) is 2.51. The highest BCUT2D eigenvalue weighted by Crippen LogP contribution is 2.43. The molecule has 3 N–H and O–H groups in total. The van der Waals surface area contributed by atoms with Gasteiger partial charge in [-0.15, -0.1) is 11.6 Å². The number of carbonyl (C=O) groups is 2. The summed E-state index contributed by atoms with van der Waals surface area (Å²) < 4.78 is 0. The van der Waals surface area contributed by atoms with Gasteiger partial charge in [-0.1, -0.05) is 11.6 Å². The van der Waals surface area contributed by atoms with Crippen LogP contribution in [0.5, 0.6) is 11.5 Å². The van der Waals surface area contributed by atoms with Crippen LogP contribution in [-0.2, 0) is 0 Å². The number of hydrogen-bond donors (Lipinski definition) is 3. The molecule has 0 fully saturated rings. The predicted octanol–water partition coefficient (Wildman–Crippen LogP) is 2.56. The molecule has 118 valence electrons. The van der Waals surface area contributed by atoms with Gasteiger partial charge in [0.15, 0.2) is 11.6 Å². The molecule has 2 atom stereocenters. The Balaban J connectivity index is 2.51. The molecular weight excluding hydrogens is 308 g/mol. The van der Waals surface area contributed by atoms with Gasteiger partial charge in [0.25, 0.3) is 0 Å². The van der Waals surface area contributed by atoms with Gasteiger partial charge in [0.2, 0.25) is 0 Å². The highest BCUT2D eigenvalue weighted by molar-refractivity contribution is 6.43. The van der Waals surface area contributed by atoms with Gasteiger partial charge in [-0.05, 0) is 32.4 Å². The van der Waals surface area contributed by atoms with Gasteiger partial charge in [-0.3, -0.25) is 9.59 Å². The molecule has 0 bridgehead atoms. The van der Waals surface area contributed by atoms with Crippen LogP contribution in [-0.4, -0.2) is 37.9 Å². The minimum Gasteiger partial charge on any atom is -0.507 e. The first-order valence-electron chi connectivity index (χ1n) is 6.81. The van der Waals surface area contributed by atoms with Crippen LogP contribution in [0.3, 0.4) is 0 Å². The number of benzene rings is 1. The van der Waals surface area contributed by atoms with Crippen LogP contribution in [0.4, 0.5) is 0 Å². The lowest BCUT2D eigenvalue weighted by Crippen LogP contribution is -2.49. The minimum atomic E-state index is -1.85. The van der Waals surface area contributed by atoms with E-state index in [2.05, 4.69) is 0 Å². The number of carbonyl (C=O) groups excluding carboxylic acids is 2. The van der Waals surface area contributed by atoms with Crippen molar-refractivity contribution in [3.05, 3.63) is 34.9 Å². The lowest BCUT2D eigenvalue weighted by Gasteiger charge is -2.34. The normalized spacial score (nSPS) is 22.2. The maximum Gasteiger partial charge on any atom is 0.191 e. The first-order valence-corrected chi connectivity index (χ1v) is 7.19. The lowest BCUT2D eigenvalue weighted by atomic mass is 9.76. The maximum atomic E-state index is 12.6. The number of aromatic hydroxyl groups is 2. The molecule has 1 aliphatic rings. The Morgan fingerprint density at radius 2 is 1.82 bits per heavy atom. The molecule has 5 nitrogen and oxygen atoms in total. The average molecular weight is 325 g/mol. The number of allylic oxidation sites excluding steroid dienone is 1. The van der Waals surface area contributed by atoms with Gasteiger partial charge in [0, 0.05) is 6.42 Å². The van der Waals surface area contributed by atoms with E-state index in [-0.39, 0.29) is 23.3 Å². The highest BCUT2D eigenvalue weighted by Gasteiger charge is 2.51. The Hall–Kier alpha value is -1.85. The van der Waals surface area contributed by atoms with Crippen LogP contribution in [0.25, 0.3) is 0 Å². The van der Waals surface area contributed by atoms with Crippen molar-refractivity contribution in [1.29, 1.82) is 0 Å². The summed E-state index contributed by atoms with van der Waals surface area (Å²) in [6, 6.07) is 2.25. The number of aliphatic hydroxyl groups excluding tert-OH is 1. The number of phenols is 2. The van der Waals surface area contributed by atoms with Gasteiger partial charge < -0.3 is 15.3 Å². The second kappa shape index (κ2) is 5.74. The van der Waals surface area contributed by atoms with E-state index < -0.39 is 34.7 Å². The van der Waals surface area contributed by atoms with Gasteiger partial charge in [-0.2, -0.15) is 0 Å². The fourth-order valence-corrected chi connectivity index (χ4v) is 2.81. The Labute approximate surface area is 132 Å². The molecule has 0 spiro atoms. The molecule has 0 saturated carbocycles. The summed E-state index contributed by atoms with van der Waals surface area (Å²) in [5.41, 5.74) is 0.369. The number of alkyl halides is 1. The topological polar surface area (TPSA) is 94.8 Å². The van der Waals surface area contributed by atoms with Gasteiger partial charge >= 0.3 is 0 Å². The lowest BCUT2D eigenvalue weighted by molar-refractivity contribution is 0.0653. The molecule has 1 aromatic rings. The smallest absolute Gasteiger partial charge is 0.191 e. The molecule has 0 aromatic heterocycles. The molecule has 0 radical (unpaired) electrons. The van der Waals surface area contributed by atoms with Crippen molar-refractivity contribution < 1.29 is 24.9 Å². The quantitative estimate of drug-likeness (QED) is 0.451. The molecule has 0 saturated heterocycles. The third-order valence-corrected chi connectivity index (χ3v) is 4.30. The molecule has 1 unspecified atom stereocenters. The van der Waals surface area contributed by atoms with E-state index in [1.165, 1.54) is 0 Å². The number of aliphatic hydroxyl groups is 1. The Kier molecular flexibility index (Phi) is 4.31. The van der Waals surface area contributed by atoms with Crippen molar-refractivity contribution in [1.82, 2.24) is 0 Å². The van der Waals surface area contributed by atoms with Crippen LogP contribution in [0, 0.1) is 0 Å². The molecule has 0 heterocycles. The fraction of sp³-hybridized carbons (Fsp3) is 0.375. The van der Waals surface area contributed by atoms with Crippen molar-refractivity contribution in [2.45, 2.75) is 37.7 Å². The van der Waals surface area contributed by atoms with Crippen LogP contribution in [0.15, 0.2) is 23.8 Å². The van der Waals surface area contributed by atoms with E-state index in [1.54, 1.807) is 6.08 Å². The zero-order valence-corrected chi connectivity index (χ0v) is 13.0. The van der Waals surface area contributed by atoms with Crippen molar-refractivity contribution >= 4 is 23.2 Å². The summed E-state index contributed by atoms with van der Waals surface area (Å²) in [4.78, 5) is 23.0. The first kappa shape index (κ1) is 16.5. The van der Waals surface area contributed by atoms with E-state index in [4.69, 9.17) is 11.6 Å². The molecule has 6 heteroatoms. The third-order valence-electron chi connectivity index (χ3n) is 3.74. The Morgan fingerprint density at radius 1 is 1.27 bits per heavy atom. The maximum absolute atomic E-state index is 12.6. The predicted molar refractivity (Wildman–Crippen MR) is 81.7 cm³/mol. The number of ketones is 2. The molecule has 1 aromatic carbocycles. The van der Waals surface area contributed by atoms with Gasteiger partial charge in [0.1, 0.15) is 16.4 Å². The summed E-state index contributed by atoms with van der Waals surface area (Å²) in [6.45, 7) is 3.67. The van der Waals surface area contributed by atoms with E-state index in [9.17, 15) is 24.9 Å². The zero-order chi connectivity index (χ0) is 16.7. The summed E-state index contributed by atoms with van der Waals surface area (Å²) in [5.74, 6) is -2.17. The summed E-state index contributed by atoms with van der Waals surface area (Å²) in [7, 11) is 0. The van der Waals surface area contributed by atoms with E-state index in [0.717, 1.165) is 17.7 Å².